The lowest BCUT2D eigenvalue weighted by atomic mass is 10.0. The molecule has 61 heavy (non-hydrogen) atoms. The van der Waals surface area contributed by atoms with Crippen LogP contribution in [0.1, 0.15) is 252 Å². The van der Waals surface area contributed by atoms with Gasteiger partial charge in [-0.05, 0) is 83.5 Å². The van der Waals surface area contributed by atoms with Crippen molar-refractivity contribution in [3.05, 3.63) is 60.8 Å². The molecular formula is C55H96O6. The summed E-state index contributed by atoms with van der Waals surface area (Å²) in [6.07, 6.45) is 60.6. The van der Waals surface area contributed by atoms with Gasteiger partial charge in [-0.3, -0.25) is 14.4 Å². The summed E-state index contributed by atoms with van der Waals surface area (Å²) >= 11 is 0. The molecule has 1 unspecified atom stereocenters. The summed E-state index contributed by atoms with van der Waals surface area (Å²) in [5.41, 5.74) is 0. The van der Waals surface area contributed by atoms with Crippen molar-refractivity contribution in [2.75, 3.05) is 13.2 Å². The van der Waals surface area contributed by atoms with Crippen LogP contribution in [-0.4, -0.2) is 37.2 Å². The van der Waals surface area contributed by atoms with Gasteiger partial charge in [-0.15, -0.1) is 0 Å². The lowest BCUT2D eigenvalue weighted by Crippen LogP contribution is -2.30. The first kappa shape index (κ1) is 58.1. The number of esters is 3. The second kappa shape index (κ2) is 49.8. The maximum Gasteiger partial charge on any atom is 0.306 e. The number of hydrogen-bond acceptors (Lipinski definition) is 6. The van der Waals surface area contributed by atoms with E-state index in [1.165, 1.54) is 116 Å². The summed E-state index contributed by atoms with van der Waals surface area (Å²) in [6.45, 7) is 6.48. The number of rotatable bonds is 46. The molecule has 0 aromatic carbocycles. The first-order valence-corrected chi connectivity index (χ1v) is 25.8. The van der Waals surface area contributed by atoms with Gasteiger partial charge in [0.2, 0.25) is 0 Å². The minimum atomic E-state index is -0.792. The number of allylic oxidation sites excluding steroid dienone is 10. The summed E-state index contributed by atoms with van der Waals surface area (Å²) in [4.78, 5) is 37.9. The first-order chi connectivity index (χ1) is 30.0. The fraction of sp³-hybridized carbons (Fsp3) is 0.764. The van der Waals surface area contributed by atoms with E-state index < -0.39 is 6.10 Å². The van der Waals surface area contributed by atoms with Crippen molar-refractivity contribution >= 4 is 17.9 Å². The standard InChI is InChI=1S/C55H96O6/c1-4-7-10-13-16-19-22-25-28-31-33-36-39-42-45-48-54(57)60-51-52(61-55(58)49-46-43-40-37-34-30-27-24-21-18-15-12-9-6-3)50-59-53(56)47-44-41-38-35-32-29-26-23-20-17-14-11-8-5-2/h7,10,16,19,24-25,27-28,33,36,52H,4-6,8-9,11-15,17-18,20-23,26,29-32,34-35,37-51H2,1-3H3/b10-7-,19-16-,27-24-,28-25-,36-33-. The molecule has 6 heteroatoms. The third-order valence-corrected chi connectivity index (χ3v) is 11.0. The van der Waals surface area contributed by atoms with Crippen LogP contribution in [0.15, 0.2) is 60.8 Å². The molecule has 0 aromatic heterocycles. The Labute approximate surface area is 377 Å². The van der Waals surface area contributed by atoms with Gasteiger partial charge in [0, 0.05) is 19.3 Å². The summed E-state index contributed by atoms with van der Waals surface area (Å²) in [6, 6.07) is 0. The molecule has 0 fully saturated rings. The van der Waals surface area contributed by atoms with E-state index in [0.29, 0.717) is 19.3 Å². The second-order valence-electron chi connectivity index (χ2n) is 17.1. The highest BCUT2D eigenvalue weighted by Crippen LogP contribution is 2.15. The largest absolute Gasteiger partial charge is 0.462 e. The Morgan fingerprint density at radius 1 is 0.344 bits per heavy atom. The average Bonchev–Trinajstić information content (AvgIpc) is 3.26. The van der Waals surface area contributed by atoms with E-state index in [2.05, 4.69) is 81.5 Å². The van der Waals surface area contributed by atoms with E-state index in [0.717, 1.165) is 96.3 Å². The van der Waals surface area contributed by atoms with Crippen molar-refractivity contribution < 1.29 is 28.6 Å². The Morgan fingerprint density at radius 2 is 0.639 bits per heavy atom. The predicted octanol–water partition coefficient (Wildman–Crippen LogP) is 16.9. The molecule has 0 aromatic rings. The van der Waals surface area contributed by atoms with Gasteiger partial charge in [0.05, 0.1) is 0 Å². The van der Waals surface area contributed by atoms with Crippen LogP contribution in [0, 0.1) is 0 Å². The van der Waals surface area contributed by atoms with Crippen LogP contribution in [0.3, 0.4) is 0 Å². The zero-order valence-corrected chi connectivity index (χ0v) is 40.2. The van der Waals surface area contributed by atoms with Crippen LogP contribution < -0.4 is 0 Å². The van der Waals surface area contributed by atoms with Crippen molar-refractivity contribution in [3.63, 3.8) is 0 Å². The van der Waals surface area contributed by atoms with Crippen molar-refractivity contribution in [2.24, 2.45) is 0 Å². The van der Waals surface area contributed by atoms with Gasteiger partial charge < -0.3 is 14.2 Å². The van der Waals surface area contributed by atoms with Crippen LogP contribution in [0.25, 0.3) is 0 Å². The SMILES string of the molecule is CC/C=C\C/C=C\C/C=C\C/C=C\CCCCC(=O)OCC(COC(=O)CCCCCCCCCCCCCCCC)OC(=O)CCCCCCC/C=C\CCCCCCC. The van der Waals surface area contributed by atoms with Crippen LogP contribution >= 0.6 is 0 Å². The number of carbonyl (C=O) groups excluding carboxylic acids is 3. The molecule has 352 valence electrons. The van der Waals surface area contributed by atoms with E-state index >= 15 is 0 Å². The Balaban J connectivity index is 4.44. The summed E-state index contributed by atoms with van der Waals surface area (Å²) in [5, 5.41) is 0. The number of ether oxygens (including phenoxy) is 3. The zero-order valence-electron chi connectivity index (χ0n) is 40.2. The third kappa shape index (κ3) is 48.0. The Kier molecular flexibility index (Phi) is 47.4. The maximum atomic E-state index is 12.8. The van der Waals surface area contributed by atoms with Gasteiger partial charge in [-0.1, -0.05) is 210 Å². The summed E-state index contributed by atoms with van der Waals surface area (Å²) in [7, 11) is 0. The smallest absolute Gasteiger partial charge is 0.306 e. The van der Waals surface area contributed by atoms with Gasteiger partial charge >= 0.3 is 17.9 Å². The summed E-state index contributed by atoms with van der Waals surface area (Å²) in [5.74, 6) is -0.936. The molecule has 0 spiro atoms. The molecule has 0 bridgehead atoms. The quantitative estimate of drug-likeness (QED) is 0.0263. The van der Waals surface area contributed by atoms with E-state index in [-0.39, 0.29) is 31.1 Å². The molecule has 0 heterocycles. The lowest BCUT2D eigenvalue weighted by Gasteiger charge is -2.18. The first-order valence-electron chi connectivity index (χ1n) is 25.8. The fourth-order valence-corrected chi connectivity index (χ4v) is 7.13. The molecule has 0 aliphatic heterocycles. The highest BCUT2D eigenvalue weighted by molar-refractivity contribution is 5.71. The average molecular weight is 853 g/mol. The molecule has 1 atom stereocenters. The van der Waals surface area contributed by atoms with Gasteiger partial charge in [0.1, 0.15) is 13.2 Å². The summed E-state index contributed by atoms with van der Waals surface area (Å²) < 4.78 is 16.8. The molecule has 0 aliphatic rings. The maximum absolute atomic E-state index is 12.8. The van der Waals surface area contributed by atoms with Gasteiger partial charge in [0.15, 0.2) is 6.10 Å². The fourth-order valence-electron chi connectivity index (χ4n) is 7.13. The Hall–Kier alpha value is -2.89. The molecule has 0 saturated carbocycles. The monoisotopic (exact) mass is 853 g/mol. The second-order valence-corrected chi connectivity index (χ2v) is 17.1. The van der Waals surface area contributed by atoms with Crippen LogP contribution in [0.5, 0.6) is 0 Å². The van der Waals surface area contributed by atoms with Crippen molar-refractivity contribution in [1.82, 2.24) is 0 Å². The van der Waals surface area contributed by atoms with Crippen molar-refractivity contribution in [2.45, 2.75) is 258 Å². The van der Waals surface area contributed by atoms with E-state index in [9.17, 15) is 14.4 Å². The number of hydrogen-bond donors (Lipinski definition) is 0. The van der Waals surface area contributed by atoms with E-state index in [1.54, 1.807) is 0 Å². The van der Waals surface area contributed by atoms with Crippen LogP contribution in [-0.2, 0) is 28.6 Å². The molecular weight excluding hydrogens is 757 g/mol. The normalized spacial score (nSPS) is 12.5. The van der Waals surface area contributed by atoms with Gasteiger partial charge in [-0.2, -0.15) is 0 Å². The van der Waals surface area contributed by atoms with Gasteiger partial charge in [-0.25, -0.2) is 0 Å². The molecule has 6 nitrogen and oxygen atoms in total. The number of unbranched alkanes of at least 4 members (excludes halogenated alkanes) is 25. The van der Waals surface area contributed by atoms with E-state index in [4.69, 9.17) is 14.2 Å². The topological polar surface area (TPSA) is 78.9 Å². The molecule has 0 amide bonds. The molecule has 0 rings (SSSR count). The minimum absolute atomic E-state index is 0.0887. The predicted molar refractivity (Wildman–Crippen MR) is 261 cm³/mol. The molecule has 0 N–H and O–H groups in total. The van der Waals surface area contributed by atoms with Crippen molar-refractivity contribution in [3.8, 4) is 0 Å². The Bertz CT molecular complexity index is 1120. The minimum Gasteiger partial charge on any atom is -0.462 e. The lowest BCUT2D eigenvalue weighted by molar-refractivity contribution is -0.167. The van der Waals surface area contributed by atoms with Crippen molar-refractivity contribution in [1.29, 1.82) is 0 Å². The highest BCUT2D eigenvalue weighted by Gasteiger charge is 2.19. The Morgan fingerprint density at radius 3 is 1.05 bits per heavy atom. The molecule has 0 aliphatic carbocycles. The third-order valence-electron chi connectivity index (χ3n) is 11.0. The zero-order chi connectivity index (χ0) is 44.4. The molecule has 0 radical (unpaired) electrons. The van der Waals surface area contributed by atoms with E-state index in [1.807, 2.05) is 0 Å². The van der Waals surface area contributed by atoms with Gasteiger partial charge in [0.25, 0.3) is 0 Å². The number of carbonyl (C=O) groups is 3. The van der Waals surface area contributed by atoms with Crippen LogP contribution in [0.4, 0.5) is 0 Å². The molecule has 0 saturated heterocycles. The highest BCUT2D eigenvalue weighted by atomic mass is 16.6. The van der Waals surface area contributed by atoms with Crippen LogP contribution in [0.2, 0.25) is 0 Å².